The molecule has 3 heteroatoms. The van der Waals surface area contributed by atoms with Crippen LogP contribution in [0.25, 0.3) is 0 Å². The normalized spacial score (nSPS) is 10.5. The zero-order chi connectivity index (χ0) is 8.43. The second-order valence-corrected chi connectivity index (χ2v) is 2.92. The highest BCUT2D eigenvalue weighted by Crippen LogP contribution is 2.12. The van der Waals surface area contributed by atoms with E-state index in [0.717, 1.165) is 11.4 Å². The van der Waals surface area contributed by atoms with Crippen molar-refractivity contribution < 1.29 is 0 Å². The molecule has 60 valence electrons. The van der Waals surface area contributed by atoms with Crippen LogP contribution in [0, 0.1) is 6.92 Å². The fourth-order valence-electron chi connectivity index (χ4n) is 0.756. The molecule has 1 heterocycles. The predicted molar refractivity (Wildman–Crippen MR) is 45.3 cm³/mol. The van der Waals surface area contributed by atoms with Gasteiger partial charge in [0.05, 0.1) is 11.4 Å². The van der Waals surface area contributed by atoms with Gasteiger partial charge in [-0.25, -0.2) is 4.98 Å². The Balaban J connectivity index is 3.05. The van der Waals surface area contributed by atoms with Crippen molar-refractivity contribution in [2.75, 3.05) is 5.73 Å². The summed E-state index contributed by atoms with van der Waals surface area (Å²) in [5.41, 5.74) is 7.34. The summed E-state index contributed by atoms with van der Waals surface area (Å²) in [5.74, 6) is 0.932. The third kappa shape index (κ3) is 1.67. The Bertz CT molecular complexity index is 256. The lowest BCUT2D eigenvalue weighted by Gasteiger charge is -2.04. The molecule has 0 saturated heterocycles. The van der Waals surface area contributed by atoms with E-state index in [0.29, 0.717) is 11.7 Å². The molecule has 1 rings (SSSR count). The Morgan fingerprint density at radius 3 is 2.55 bits per heavy atom. The fourth-order valence-corrected chi connectivity index (χ4v) is 0.756. The summed E-state index contributed by atoms with van der Waals surface area (Å²) in [7, 11) is 0. The van der Waals surface area contributed by atoms with E-state index >= 15 is 0 Å². The molecule has 0 aromatic carbocycles. The van der Waals surface area contributed by atoms with Crippen LogP contribution in [0.4, 0.5) is 5.82 Å². The Morgan fingerprint density at radius 2 is 2.09 bits per heavy atom. The van der Waals surface area contributed by atoms with Crippen LogP contribution in [-0.4, -0.2) is 9.97 Å². The van der Waals surface area contributed by atoms with Crippen LogP contribution in [0.1, 0.15) is 31.2 Å². The van der Waals surface area contributed by atoms with E-state index in [1.807, 2.05) is 6.92 Å². The molecular weight excluding hydrogens is 138 g/mol. The first-order valence-corrected chi connectivity index (χ1v) is 3.70. The topological polar surface area (TPSA) is 51.8 Å². The molecule has 0 aliphatic rings. The standard InChI is InChI=1S/C8H13N3/c1-5(2)7-4-10-6(3)8(9)11-7/h4-5H,1-3H3,(H2,9,11). The van der Waals surface area contributed by atoms with Crippen LogP contribution in [0.3, 0.4) is 0 Å². The van der Waals surface area contributed by atoms with Crippen molar-refractivity contribution in [2.45, 2.75) is 26.7 Å². The molecule has 0 fully saturated rings. The number of hydrogen-bond donors (Lipinski definition) is 1. The van der Waals surface area contributed by atoms with E-state index in [4.69, 9.17) is 5.73 Å². The van der Waals surface area contributed by atoms with E-state index in [2.05, 4.69) is 23.8 Å². The van der Waals surface area contributed by atoms with Gasteiger partial charge < -0.3 is 5.73 Å². The maximum absolute atomic E-state index is 5.58. The summed E-state index contributed by atoms with van der Waals surface area (Å²) in [5, 5.41) is 0. The third-order valence-corrected chi connectivity index (χ3v) is 1.60. The minimum absolute atomic E-state index is 0.394. The monoisotopic (exact) mass is 151 g/mol. The number of hydrogen-bond acceptors (Lipinski definition) is 3. The van der Waals surface area contributed by atoms with Gasteiger partial charge >= 0.3 is 0 Å². The van der Waals surface area contributed by atoms with E-state index in [1.165, 1.54) is 0 Å². The van der Waals surface area contributed by atoms with Crippen molar-refractivity contribution in [2.24, 2.45) is 0 Å². The van der Waals surface area contributed by atoms with Crippen molar-refractivity contribution in [3.8, 4) is 0 Å². The average Bonchev–Trinajstić information content (AvgIpc) is 1.94. The molecule has 0 radical (unpaired) electrons. The Hall–Kier alpha value is -1.12. The van der Waals surface area contributed by atoms with Crippen molar-refractivity contribution in [3.05, 3.63) is 17.6 Å². The summed E-state index contributed by atoms with van der Waals surface area (Å²) in [6.45, 7) is 5.99. The smallest absolute Gasteiger partial charge is 0.145 e. The van der Waals surface area contributed by atoms with Crippen LogP contribution in [0.15, 0.2) is 6.20 Å². The lowest BCUT2D eigenvalue weighted by atomic mass is 10.1. The van der Waals surface area contributed by atoms with Gasteiger partial charge in [-0.3, -0.25) is 4.98 Å². The first kappa shape index (κ1) is 7.98. The van der Waals surface area contributed by atoms with Crippen molar-refractivity contribution in [3.63, 3.8) is 0 Å². The van der Waals surface area contributed by atoms with E-state index in [-0.39, 0.29) is 0 Å². The molecule has 11 heavy (non-hydrogen) atoms. The van der Waals surface area contributed by atoms with Gasteiger partial charge in [0.1, 0.15) is 5.82 Å². The highest BCUT2D eigenvalue weighted by Gasteiger charge is 2.02. The van der Waals surface area contributed by atoms with Crippen LogP contribution in [0.2, 0.25) is 0 Å². The summed E-state index contributed by atoms with van der Waals surface area (Å²) in [6, 6.07) is 0. The second-order valence-electron chi connectivity index (χ2n) is 2.92. The predicted octanol–water partition coefficient (Wildman–Crippen LogP) is 1.49. The Labute approximate surface area is 66.7 Å². The zero-order valence-electron chi connectivity index (χ0n) is 7.13. The molecule has 0 amide bonds. The van der Waals surface area contributed by atoms with Crippen molar-refractivity contribution in [1.82, 2.24) is 9.97 Å². The van der Waals surface area contributed by atoms with E-state index < -0.39 is 0 Å². The van der Waals surface area contributed by atoms with Gasteiger partial charge in [0.25, 0.3) is 0 Å². The van der Waals surface area contributed by atoms with Crippen molar-refractivity contribution >= 4 is 5.82 Å². The van der Waals surface area contributed by atoms with Gasteiger partial charge in [0, 0.05) is 6.20 Å². The molecule has 0 bridgehead atoms. The van der Waals surface area contributed by atoms with Crippen LogP contribution in [-0.2, 0) is 0 Å². The largest absolute Gasteiger partial charge is 0.382 e. The van der Waals surface area contributed by atoms with Gasteiger partial charge in [-0.1, -0.05) is 13.8 Å². The van der Waals surface area contributed by atoms with Gasteiger partial charge in [-0.05, 0) is 12.8 Å². The molecule has 0 atom stereocenters. The maximum Gasteiger partial charge on any atom is 0.145 e. The summed E-state index contributed by atoms with van der Waals surface area (Å²) in [6.07, 6.45) is 1.77. The van der Waals surface area contributed by atoms with E-state index in [1.54, 1.807) is 6.20 Å². The Morgan fingerprint density at radius 1 is 1.45 bits per heavy atom. The number of nitrogen functional groups attached to an aromatic ring is 1. The first-order chi connectivity index (χ1) is 5.11. The van der Waals surface area contributed by atoms with Crippen LogP contribution >= 0.6 is 0 Å². The molecule has 0 spiro atoms. The zero-order valence-corrected chi connectivity index (χ0v) is 7.13. The minimum Gasteiger partial charge on any atom is -0.382 e. The Kier molecular flexibility index (Phi) is 2.08. The molecule has 1 aromatic rings. The fraction of sp³-hybridized carbons (Fsp3) is 0.500. The lowest BCUT2D eigenvalue weighted by Crippen LogP contribution is -2.01. The first-order valence-electron chi connectivity index (χ1n) is 3.70. The number of rotatable bonds is 1. The molecular formula is C8H13N3. The average molecular weight is 151 g/mol. The van der Waals surface area contributed by atoms with Gasteiger partial charge in [0.2, 0.25) is 0 Å². The van der Waals surface area contributed by atoms with Crippen molar-refractivity contribution in [1.29, 1.82) is 0 Å². The number of anilines is 1. The summed E-state index contributed by atoms with van der Waals surface area (Å²) < 4.78 is 0. The molecule has 1 aromatic heterocycles. The second kappa shape index (κ2) is 2.86. The third-order valence-electron chi connectivity index (χ3n) is 1.60. The van der Waals surface area contributed by atoms with Crippen LogP contribution in [0.5, 0.6) is 0 Å². The number of nitrogens with two attached hydrogens (primary N) is 1. The summed E-state index contributed by atoms with van der Waals surface area (Å²) in [4.78, 5) is 8.30. The quantitative estimate of drug-likeness (QED) is 0.661. The number of aromatic nitrogens is 2. The minimum atomic E-state index is 0.394. The van der Waals surface area contributed by atoms with E-state index in [9.17, 15) is 0 Å². The highest BCUT2D eigenvalue weighted by molar-refractivity contribution is 5.33. The highest BCUT2D eigenvalue weighted by atomic mass is 14.9. The molecule has 0 unspecified atom stereocenters. The summed E-state index contributed by atoms with van der Waals surface area (Å²) >= 11 is 0. The number of aryl methyl sites for hydroxylation is 1. The molecule has 0 aliphatic heterocycles. The van der Waals surface area contributed by atoms with Gasteiger partial charge in [-0.2, -0.15) is 0 Å². The maximum atomic E-state index is 5.58. The number of nitrogens with zero attached hydrogens (tertiary/aromatic N) is 2. The van der Waals surface area contributed by atoms with Crippen LogP contribution < -0.4 is 5.73 Å². The molecule has 3 nitrogen and oxygen atoms in total. The lowest BCUT2D eigenvalue weighted by molar-refractivity contribution is 0.810. The van der Waals surface area contributed by atoms with Gasteiger partial charge in [0.15, 0.2) is 0 Å². The molecule has 0 saturated carbocycles. The molecule has 0 aliphatic carbocycles. The molecule has 2 N–H and O–H groups in total. The van der Waals surface area contributed by atoms with Gasteiger partial charge in [-0.15, -0.1) is 0 Å². The SMILES string of the molecule is Cc1ncc(C(C)C)nc1N.